The number of aryl methyl sites for hydroxylation is 3. The van der Waals surface area contributed by atoms with E-state index >= 15 is 0 Å². The normalized spacial score (nSPS) is 11.2. The third kappa shape index (κ3) is 5.95. The molecule has 0 bridgehead atoms. The van der Waals surface area contributed by atoms with Gasteiger partial charge in [0, 0.05) is 6.54 Å². The summed E-state index contributed by atoms with van der Waals surface area (Å²) in [5.74, 6) is -0.327. The molecule has 0 aromatic heterocycles. The molecular formula is C25H28N2O3S. The molecule has 0 aliphatic carbocycles. The van der Waals surface area contributed by atoms with Crippen molar-refractivity contribution in [2.45, 2.75) is 31.6 Å². The van der Waals surface area contributed by atoms with Gasteiger partial charge in [-0.25, -0.2) is 8.42 Å². The second-order valence-corrected chi connectivity index (χ2v) is 9.41. The summed E-state index contributed by atoms with van der Waals surface area (Å²) in [5, 5.41) is 2.86. The van der Waals surface area contributed by atoms with Crippen LogP contribution in [0, 0.1) is 13.8 Å². The van der Waals surface area contributed by atoms with Gasteiger partial charge in [0.05, 0.1) is 10.6 Å². The highest BCUT2D eigenvalue weighted by molar-refractivity contribution is 7.92. The average molecular weight is 437 g/mol. The zero-order valence-electron chi connectivity index (χ0n) is 17.9. The highest BCUT2D eigenvalue weighted by Gasteiger charge is 2.28. The van der Waals surface area contributed by atoms with Gasteiger partial charge in [-0.1, -0.05) is 66.2 Å². The lowest BCUT2D eigenvalue weighted by Crippen LogP contribution is -2.41. The topological polar surface area (TPSA) is 66.5 Å². The van der Waals surface area contributed by atoms with Gasteiger partial charge in [-0.2, -0.15) is 0 Å². The summed E-state index contributed by atoms with van der Waals surface area (Å²) in [5.41, 5.74) is 3.47. The molecule has 1 amide bonds. The fourth-order valence-electron chi connectivity index (χ4n) is 3.33. The van der Waals surface area contributed by atoms with Gasteiger partial charge in [0.15, 0.2) is 0 Å². The van der Waals surface area contributed by atoms with Crippen LogP contribution in [0.2, 0.25) is 0 Å². The minimum atomic E-state index is -3.89. The molecule has 0 heterocycles. The summed E-state index contributed by atoms with van der Waals surface area (Å²) in [6.07, 6.45) is 1.63. The Labute approximate surface area is 184 Å². The van der Waals surface area contributed by atoms with Crippen molar-refractivity contribution >= 4 is 21.6 Å². The van der Waals surface area contributed by atoms with Crippen LogP contribution in [0.4, 0.5) is 5.69 Å². The summed E-state index contributed by atoms with van der Waals surface area (Å²) in [6, 6.07) is 23.9. The molecule has 162 valence electrons. The van der Waals surface area contributed by atoms with Gasteiger partial charge in [0.1, 0.15) is 6.54 Å². The van der Waals surface area contributed by atoms with Gasteiger partial charge in [-0.15, -0.1) is 0 Å². The quantitative estimate of drug-likeness (QED) is 0.510. The van der Waals surface area contributed by atoms with Gasteiger partial charge in [0.2, 0.25) is 5.91 Å². The molecule has 0 radical (unpaired) electrons. The van der Waals surface area contributed by atoms with Crippen LogP contribution in [0.5, 0.6) is 0 Å². The monoisotopic (exact) mass is 436 g/mol. The first-order valence-corrected chi connectivity index (χ1v) is 11.8. The Bertz CT molecular complexity index is 1110. The molecule has 0 saturated heterocycles. The maximum atomic E-state index is 13.4. The molecule has 0 aliphatic rings. The number of carbonyl (C=O) groups is 1. The third-order valence-corrected chi connectivity index (χ3v) is 6.86. The van der Waals surface area contributed by atoms with E-state index in [1.165, 1.54) is 9.87 Å². The molecule has 0 saturated carbocycles. The number of nitrogens with one attached hydrogen (secondary N) is 1. The van der Waals surface area contributed by atoms with E-state index in [9.17, 15) is 13.2 Å². The number of amides is 1. The van der Waals surface area contributed by atoms with Crippen molar-refractivity contribution in [1.82, 2.24) is 5.32 Å². The van der Waals surface area contributed by atoms with E-state index in [1.807, 2.05) is 44.2 Å². The number of para-hydroxylation sites is 1. The predicted octanol–water partition coefficient (Wildman–Crippen LogP) is 4.25. The van der Waals surface area contributed by atoms with Gasteiger partial charge in [-0.3, -0.25) is 9.10 Å². The van der Waals surface area contributed by atoms with Crippen LogP contribution >= 0.6 is 0 Å². The van der Waals surface area contributed by atoms with Crippen molar-refractivity contribution in [3.05, 3.63) is 95.6 Å². The lowest BCUT2D eigenvalue weighted by Gasteiger charge is -2.25. The van der Waals surface area contributed by atoms with Crippen molar-refractivity contribution in [2.75, 3.05) is 17.4 Å². The first kappa shape index (κ1) is 22.6. The Kier molecular flexibility index (Phi) is 7.47. The molecule has 1 N–H and O–H groups in total. The fourth-order valence-corrected chi connectivity index (χ4v) is 4.82. The number of rotatable bonds is 9. The first-order chi connectivity index (χ1) is 14.9. The molecule has 0 aliphatic heterocycles. The van der Waals surface area contributed by atoms with Crippen molar-refractivity contribution < 1.29 is 13.2 Å². The largest absolute Gasteiger partial charge is 0.355 e. The second kappa shape index (κ2) is 10.3. The van der Waals surface area contributed by atoms with Crippen LogP contribution in [-0.4, -0.2) is 27.4 Å². The minimum Gasteiger partial charge on any atom is -0.355 e. The Hall–Kier alpha value is -3.12. The van der Waals surface area contributed by atoms with Crippen molar-refractivity contribution in [3.8, 4) is 0 Å². The first-order valence-electron chi connectivity index (χ1n) is 10.3. The number of hydrogen-bond donors (Lipinski definition) is 1. The molecule has 0 fully saturated rings. The lowest BCUT2D eigenvalue weighted by atomic mass is 10.1. The molecule has 0 spiro atoms. The molecule has 6 heteroatoms. The van der Waals surface area contributed by atoms with E-state index in [1.54, 1.807) is 36.4 Å². The number of sulfonamides is 1. The van der Waals surface area contributed by atoms with Gasteiger partial charge in [0.25, 0.3) is 10.0 Å². The standard InChI is InChI=1S/C25H28N2O3S/c1-20-14-16-23(17-15-20)31(29,30)27(24-13-7-6-9-21(24)2)19-25(28)26-18-8-12-22-10-4-3-5-11-22/h3-7,9-11,13-17H,8,12,18-19H2,1-2H3,(H,26,28). The minimum absolute atomic E-state index is 0.165. The van der Waals surface area contributed by atoms with Crippen LogP contribution < -0.4 is 9.62 Å². The Morgan fingerprint density at radius 1 is 0.871 bits per heavy atom. The third-order valence-electron chi connectivity index (χ3n) is 5.09. The fraction of sp³-hybridized carbons (Fsp3) is 0.240. The zero-order chi connectivity index (χ0) is 22.3. The predicted molar refractivity (Wildman–Crippen MR) is 125 cm³/mol. The Morgan fingerprint density at radius 3 is 2.19 bits per heavy atom. The van der Waals surface area contributed by atoms with Crippen LogP contribution in [0.1, 0.15) is 23.1 Å². The molecular weight excluding hydrogens is 408 g/mol. The number of nitrogens with zero attached hydrogens (tertiary/aromatic N) is 1. The molecule has 3 rings (SSSR count). The molecule has 31 heavy (non-hydrogen) atoms. The summed E-state index contributed by atoms with van der Waals surface area (Å²) < 4.78 is 28.0. The smallest absolute Gasteiger partial charge is 0.264 e. The van der Waals surface area contributed by atoms with Crippen molar-refractivity contribution in [1.29, 1.82) is 0 Å². The van der Waals surface area contributed by atoms with E-state index in [0.29, 0.717) is 12.2 Å². The van der Waals surface area contributed by atoms with Crippen molar-refractivity contribution in [3.63, 3.8) is 0 Å². The summed E-state index contributed by atoms with van der Waals surface area (Å²) in [4.78, 5) is 12.8. The van der Waals surface area contributed by atoms with Gasteiger partial charge < -0.3 is 5.32 Å². The number of carbonyl (C=O) groups excluding carboxylic acids is 1. The summed E-state index contributed by atoms with van der Waals surface area (Å²) in [7, 11) is -3.89. The molecule has 0 atom stereocenters. The van der Waals surface area contributed by atoms with Crippen LogP contribution in [0.15, 0.2) is 83.8 Å². The Balaban J connectivity index is 1.73. The summed E-state index contributed by atoms with van der Waals surface area (Å²) in [6.45, 7) is 3.95. The number of hydrogen-bond acceptors (Lipinski definition) is 3. The molecule has 3 aromatic carbocycles. The highest BCUT2D eigenvalue weighted by atomic mass is 32.2. The Morgan fingerprint density at radius 2 is 1.52 bits per heavy atom. The number of benzene rings is 3. The van der Waals surface area contributed by atoms with E-state index in [0.717, 1.165) is 24.0 Å². The van der Waals surface area contributed by atoms with Gasteiger partial charge in [-0.05, 0) is 56.0 Å². The maximum absolute atomic E-state index is 13.4. The van der Waals surface area contributed by atoms with Crippen LogP contribution in [-0.2, 0) is 21.2 Å². The van der Waals surface area contributed by atoms with E-state index < -0.39 is 10.0 Å². The summed E-state index contributed by atoms with van der Waals surface area (Å²) >= 11 is 0. The number of anilines is 1. The molecule has 3 aromatic rings. The molecule has 5 nitrogen and oxygen atoms in total. The van der Waals surface area contributed by atoms with E-state index in [4.69, 9.17) is 0 Å². The maximum Gasteiger partial charge on any atom is 0.264 e. The SMILES string of the molecule is Cc1ccc(S(=O)(=O)N(CC(=O)NCCCc2ccccc2)c2ccccc2C)cc1. The van der Waals surface area contributed by atoms with Gasteiger partial charge >= 0.3 is 0 Å². The van der Waals surface area contributed by atoms with Crippen LogP contribution in [0.25, 0.3) is 0 Å². The second-order valence-electron chi connectivity index (χ2n) is 7.55. The van der Waals surface area contributed by atoms with E-state index in [-0.39, 0.29) is 17.3 Å². The average Bonchev–Trinajstić information content (AvgIpc) is 2.77. The highest BCUT2D eigenvalue weighted by Crippen LogP contribution is 2.26. The van der Waals surface area contributed by atoms with Crippen LogP contribution in [0.3, 0.4) is 0 Å². The zero-order valence-corrected chi connectivity index (χ0v) is 18.7. The lowest BCUT2D eigenvalue weighted by molar-refractivity contribution is -0.119. The van der Waals surface area contributed by atoms with E-state index in [2.05, 4.69) is 17.4 Å². The van der Waals surface area contributed by atoms with Crippen molar-refractivity contribution in [2.24, 2.45) is 0 Å². The molecule has 0 unspecified atom stereocenters.